The largest absolute Gasteiger partial charge is 0.480 e. The molecule has 18 heavy (non-hydrogen) atoms. The summed E-state index contributed by atoms with van der Waals surface area (Å²) in [7, 11) is 0. The van der Waals surface area contributed by atoms with Crippen LogP contribution in [0.15, 0.2) is 17.2 Å². The van der Waals surface area contributed by atoms with Crippen molar-refractivity contribution in [2.45, 2.75) is 13.3 Å². The molecule has 0 spiro atoms. The van der Waals surface area contributed by atoms with E-state index in [0.29, 0.717) is 23.2 Å². The van der Waals surface area contributed by atoms with Crippen LogP contribution in [0.4, 0.5) is 5.69 Å². The number of hydrogen-bond donors (Lipinski definition) is 0. The fourth-order valence-corrected chi connectivity index (χ4v) is 2.54. The number of hydrazone groups is 1. The molecule has 4 nitrogen and oxygen atoms in total. The van der Waals surface area contributed by atoms with Gasteiger partial charge in [0.25, 0.3) is 5.91 Å². The van der Waals surface area contributed by atoms with E-state index in [9.17, 15) is 4.79 Å². The monoisotopic (exact) mass is 306 g/mol. The lowest BCUT2D eigenvalue weighted by molar-refractivity contribution is -0.117. The standard InChI is InChI=1S/C11H9Cl3N2O2/c1-2-18-9-5-10(17)16(15-9)11-7(13)3-6(12)4-8(11)14/h3-4H,2,5H2,1H3. The predicted octanol–water partition coefficient (Wildman–Crippen LogP) is 3.73. The van der Waals surface area contributed by atoms with Gasteiger partial charge in [0.15, 0.2) is 0 Å². The van der Waals surface area contributed by atoms with Crippen LogP contribution in [-0.4, -0.2) is 18.4 Å². The molecule has 0 radical (unpaired) electrons. The molecular weight excluding hydrogens is 298 g/mol. The first kappa shape index (κ1) is 13.5. The normalized spacial score (nSPS) is 15.0. The molecular formula is C11H9Cl3N2O2. The van der Waals surface area contributed by atoms with E-state index in [2.05, 4.69) is 5.10 Å². The number of rotatable bonds is 2. The molecule has 1 heterocycles. The van der Waals surface area contributed by atoms with Gasteiger partial charge in [-0.15, -0.1) is 5.10 Å². The first-order valence-corrected chi connectivity index (χ1v) is 6.34. The van der Waals surface area contributed by atoms with Gasteiger partial charge in [-0.05, 0) is 19.1 Å². The van der Waals surface area contributed by atoms with Crippen LogP contribution in [0.1, 0.15) is 13.3 Å². The first-order valence-electron chi connectivity index (χ1n) is 5.20. The van der Waals surface area contributed by atoms with Crippen LogP contribution in [-0.2, 0) is 9.53 Å². The van der Waals surface area contributed by atoms with Crippen LogP contribution in [0.5, 0.6) is 0 Å². The number of benzene rings is 1. The Balaban J connectivity index is 2.40. The zero-order valence-electron chi connectivity index (χ0n) is 9.41. The fraction of sp³-hybridized carbons (Fsp3) is 0.273. The Morgan fingerprint density at radius 2 is 1.94 bits per heavy atom. The smallest absolute Gasteiger partial charge is 0.256 e. The van der Waals surface area contributed by atoms with Gasteiger partial charge in [0.05, 0.1) is 16.7 Å². The van der Waals surface area contributed by atoms with E-state index >= 15 is 0 Å². The van der Waals surface area contributed by atoms with Crippen LogP contribution in [0, 0.1) is 0 Å². The minimum absolute atomic E-state index is 0.100. The van der Waals surface area contributed by atoms with E-state index < -0.39 is 0 Å². The van der Waals surface area contributed by atoms with Gasteiger partial charge in [-0.3, -0.25) is 4.79 Å². The van der Waals surface area contributed by atoms with Gasteiger partial charge in [-0.2, -0.15) is 5.01 Å². The molecule has 0 bridgehead atoms. The Morgan fingerprint density at radius 3 is 2.50 bits per heavy atom. The van der Waals surface area contributed by atoms with Gasteiger partial charge >= 0.3 is 0 Å². The van der Waals surface area contributed by atoms with Crippen molar-refractivity contribution in [3.63, 3.8) is 0 Å². The first-order chi connectivity index (χ1) is 8.52. The third-order valence-corrected chi connectivity index (χ3v) is 3.05. The average molecular weight is 308 g/mol. The summed E-state index contributed by atoms with van der Waals surface area (Å²) in [6, 6.07) is 3.01. The van der Waals surface area contributed by atoms with Crippen molar-refractivity contribution in [2.75, 3.05) is 11.6 Å². The number of carbonyl (C=O) groups is 1. The lowest BCUT2D eigenvalue weighted by Crippen LogP contribution is -2.20. The molecule has 0 aromatic heterocycles. The van der Waals surface area contributed by atoms with E-state index in [1.165, 1.54) is 12.1 Å². The van der Waals surface area contributed by atoms with Crippen molar-refractivity contribution in [3.05, 3.63) is 27.2 Å². The van der Waals surface area contributed by atoms with Crippen LogP contribution in [0.2, 0.25) is 15.1 Å². The maximum absolute atomic E-state index is 11.8. The Labute approximate surface area is 119 Å². The Kier molecular flexibility index (Phi) is 4.00. The number of carbonyl (C=O) groups excluding carboxylic acids is 1. The van der Waals surface area contributed by atoms with E-state index in [1.807, 2.05) is 6.92 Å². The van der Waals surface area contributed by atoms with Gasteiger partial charge in [0.2, 0.25) is 5.90 Å². The summed E-state index contributed by atoms with van der Waals surface area (Å²) in [6.07, 6.45) is 0.100. The summed E-state index contributed by atoms with van der Waals surface area (Å²) in [5, 5.41) is 6.12. The zero-order valence-corrected chi connectivity index (χ0v) is 11.7. The Bertz CT molecular complexity index is 508. The molecule has 1 aliphatic heterocycles. The Hall–Kier alpha value is -0.970. The van der Waals surface area contributed by atoms with Gasteiger partial charge < -0.3 is 4.74 Å². The molecule has 0 N–H and O–H groups in total. The second-order valence-electron chi connectivity index (χ2n) is 3.53. The number of nitrogens with zero attached hydrogens (tertiary/aromatic N) is 2. The number of hydrogen-bond acceptors (Lipinski definition) is 3. The van der Waals surface area contributed by atoms with Crippen LogP contribution >= 0.6 is 34.8 Å². The third-order valence-electron chi connectivity index (χ3n) is 2.25. The number of amides is 1. The molecule has 0 saturated heterocycles. The SMILES string of the molecule is CCOC1=NN(c2c(Cl)cc(Cl)cc2Cl)C(=O)C1. The topological polar surface area (TPSA) is 41.9 Å². The van der Waals surface area contributed by atoms with Gasteiger partial charge in [0, 0.05) is 5.02 Å². The highest BCUT2D eigenvalue weighted by Gasteiger charge is 2.29. The van der Waals surface area contributed by atoms with Crippen LogP contribution in [0.25, 0.3) is 0 Å². The molecule has 96 valence electrons. The lowest BCUT2D eigenvalue weighted by atomic mass is 10.3. The van der Waals surface area contributed by atoms with Crippen molar-refractivity contribution in [1.29, 1.82) is 0 Å². The number of halogens is 3. The quantitative estimate of drug-likeness (QED) is 0.835. The van der Waals surface area contributed by atoms with Crippen LogP contribution in [0.3, 0.4) is 0 Å². The van der Waals surface area contributed by atoms with Crippen LogP contribution < -0.4 is 5.01 Å². The molecule has 7 heteroatoms. The molecule has 0 unspecified atom stereocenters. The highest BCUT2D eigenvalue weighted by Crippen LogP contribution is 2.38. The predicted molar refractivity (Wildman–Crippen MR) is 72.6 cm³/mol. The molecule has 0 fully saturated rings. The lowest BCUT2D eigenvalue weighted by Gasteiger charge is -2.14. The molecule has 1 aromatic carbocycles. The van der Waals surface area contributed by atoms with Gasteiger partial charge in [-0.25, -0.2) is 0 Å². The Morgan fingerprint density at radius 1 is 1.33 bits per heavy atom. The number of anilines is 1. The van der Waals surface area contributed by atoms with Crippen molar-refractivity contribution in [3.8, 4) is 0 Å². The minimum atomic E-state index is -0.246. The highest BCUT2D eigenvalue weighted by atomic mass is 35.5. The maximum Gasteiger partial charge on any atom is 0.256 e. The second kappa shape index (κ2) is 5.34. The van der Waals surface area contributed by atoms with E-state index in [0.717, 1.165) is 5.01 Å². The summed E-state index contributed by atoms with van der Waals surface area (Å²) in [6.45, 7) is 2.26. The van der Waals surface area contributed by atoms with Crippen molar-refractivity contribution >= 4 is 52.3 Å². The van der Waals surface area contributed by atoms with Gasteiger partial charge in [0.1, 0.15) is 12.1 Å². The summed E-state index contributed by atoms with van der Waals surface area (Å²) >= 11 is 17.9. The number of ether oxygens (including phenoxy) is 1. The maximum atomic E-state index is 11.8. The molecule has 0 saturated carbocycles. The average Bonchev–Trinajstić information content (AvgIpc) is 2.59. The van der Waals surface area contributed by atoms with E-state index in [-0.39, 0.29) is 22.4 Å². The molecule has 0 atom stereocenters. The molecule has 1 aromatic rings. The molecule has 1 aliphatic rings. The second-order valence-corrected chi connectivity index (χ2v) is 4.78. The van der Waals surface area contributed by atoms with E-state index in [4.69, 9.17) is 39.5 Å². The van der Waals surface area contributed by atoms with Crippen molar-refractivity contribution in [1.82, 2.24) is 0 Å². The van der Waals surface area contributed by atoms with Crippen molar-refractivity contribution in [2.24, 2.45) is 5.10 Å². The zero-order chi connectivity index (χ0) is 13.3. The minimum Gasteiger partial charge on any atom is -0.480 e. The third kappa shape index (κ3) is 2.55. The molecule has 2 rings (SSSR count). The summed E-state index contributed by atoms with van der Waals surface area (Å²) < 4.78 is 5.20. The summed E-state index contributed by atoms with van der Waals surface area (Å²) in [4.78, 5) is 11.8. The fourth-order valence-electron chi connectivity index (χ4n) is 1.57. The van der Waals surface area contributed by atoms with Crippen molar-refractivity contribution < 1.29 is 9.53 Å². The summed E-state index contributed by atoms with van der Waals surface area (Å²) in [5.41, 5.74) is 0.322. The highest BCUT2D eigenvalue weighted by molar-refractivity contribution is 6.42. The van der Waals surface area contributed by atoms with Gasteiger partial charge in [-0.1, -0.05) is 34.8 Å². The summed E-state index contributed by atoms with van der Waals surface area (Å²) in [5.74, 6) is 0.106. The molecule has 0 aliphatic carbocycles. The molecule has 1 amide bonds. The van der Waals surface area contributed by atoms with E-state index in [1.54, 1.807) is 0 Å².